The molecule has 31 heavy (non-hydrogen) atoms. The first-order chi connectivity index (χ1) is 14.8. The van der Waals surface area contributed by atoms with E-state index in [9.17, 15) is 4.79 Å². The van der Waals surface area contributed by atoms with Crippen LogP contribution >= 0.6 is 0 Å². The van der Waals surface area contributed by atoms with Gasteiger partial charge in [0, 0.05) is 18.8 Å². The van der Waals surface area contributed by atoms with Gasteiger partial charge in [0.15, 0.2) is 5.88 Å². The predicted molar refractivity (Wildman–Crippen MR) is 128 cm³/mol. The molecule has 2 heterocycles. The summed E-state index contributed by atoms with van der Waals surface area (Å²) in [5.74, 6) is 0.244. The number of nitrogens with zero attached hydrogens (tertiary/aromatic N) is 1. The van der Waals surface area contributed by atoms with Crippen molar-refractivity contribution in [3.8, 4) is 0 Å². The van der Waals surface area contributed by atoms with Gasteiger partial charge in [-0.25, -0.2) is 0 Å². The van der Waals surface area contributed by atoms with Crippen LogP contribution in [-0.2, 0) is 11.0 Å². The van der Waals surface area contributed by atoms with Gasteiger partial charge in [0.1, 0.15) is 5.58 Å². The van der Waals surface area contributed by atoms with Crippen LogP contribution in [0.3, 0.4) is 0 Å². The lowest BCUT2D eigenvalue weighted by Crippen LogP contribution is -2.66. The number of hydrogen-bond acceptors (Lipinski definition) is 4. The second kappa shape index (κ2) is 8.21. The number of nitrogens with two attached hydrogens (primary N) is 1. The smallest absolute Gasteiger partial charge is 0.261 e. The molecule has 0 saturated heterocycles. The zero-order chi connectivity index (χ0) is 22.1. The van der Waals surface area contributed by atoms with Gasteiger partial charge in [-0.1, -0.05) is 81.4 Å². The number of fused-ring (bicyclic) bond motifs is 1. The monoisotopic (exact) mass is 432 g/mol. The molecule has 0 fully saturated rings. The molecule has 0 saturated carbocycles. The van der Waals surface area contributed by atoms with Gasteiger partial charge in [-0.05, 0) is 21.5 Å². The molecule has 0 bridgehead atoms. The number of pyridine rings is 1. The molecule has 0 amide bonds. The van der Waals surface area contributed by atoms with E-state index in [0.717, 1.165) is 0 Å². The average molecular weight is 433 g/mol. The molecule has 6 heteroatoms. The van der Waals surface area contributed by atoms with Crippen LogP contribution in [0.1, 0.15) is 20.8 Å². The van der Waals surface area contributed by atoms with Crippen molar-refractivity contribution in [2.45, 2.75) is 32.4 Å². The lowest BCUT2D eigenvalue weighted by atomic mass is 10.2. The minimum absolute atomic E-state index is 0.108. The summed E-state index contributed by atoms with van der Waals surface area (Å²) in [7, 11) is -2.62. The molecule has 2 aromatic heterocycles. The molecule has 0 aliphatic heterocycles. The fraction of sp³-hybridized carbons (Fsp3) is 0.240. The zero-order valence-electron chi connectivity index (χ0n) is 18.2. The molecule has 0 atom stereocenters. The highest BCUT2D eigenvalue weighted by molar-refractivity contribution is 6.99. The average Bonchev–Trinajstić information content (AvgIpc) is 3.14. The Bertz CT molecular complexity index is 1190. The molecule has 0 spiro atoms. The molecule has 160 valence electrons. The Kier molecular flexibility index (Phi) is 5.60. The third-order valence-electron chi connectivity index (χ3n) is 5.74. The summed E-state index contributed by atoms with van der Waals surface area (Å²) < 4.78 is 13.9. The van der Waals surface area contributed by atoms with Gasteiger partial charge in [0.2, 0.25) is 0 Å². The van der Waals surface area contributed by atoms with Gasteiger partial charge in [0.25, 0.3) is 13.9 Å². The lowest BCUT2D eigenvalue weighted by Gasteiger charge is -2.43. The van der Waals surface area contributed by atoms with E-state index in [1.54, 1.807) is 22.9 Å². The van der Waals surface area contributed by atoms with E-state index in [1.807, 2.05) is 12.1 Å². The van der Waals surface area contributed by atoms with E-state index in [4.69, 9.17) is 14.6 Å². The first kappa shape index (κ1) is 21.2. The number of hydrogen-bond donors (Lipinski definition) is 1. The number of benzene rings is 2. The van der Waals surface area contributed by atoms with Crippen molar-refractivity contribution in [3.05, 3.63) is 89.3 Å². The highest BCUT2D eigenvalue weighted by atomic mass is 28.4. The van der Waals surface area contributed by atoms with Crippen LogP contribution in [-0.4, -0.2) is 19.5 Å². The van der Waals surface area contributed by atoms with Crippen molar-refractivity contribution in [2.75, 3.05) is 12.3 Å². The predicted octanol–water partition coefficient (Wildman–Crippen LogP) is 3.75. The standard InChI is InChI=1S/C25H28N2O3Si/c1-25(2,3)31(19-10-6-4-7-11-19,20-12-8-5-9-13-20)29-17-16-27-15-14-22-21(24(27)28)18-23(26)30-22/h4-15,18H,16-17,26H2,1-3H3. The van der Waals surface area contributed by atoms with Crippen LogP contribution in [0.25, 0.3) is 11.0 Å². The van der Waals surface area contributed by atoms with Crippen LogP contribution in [0.2, 0.25) is 5.04 Å². The summed E-state index contributed by atoms with van der Waals surface area (Å²) in [5.41, 5.74) is 6.09. The maximum absolute atomic E-state index is 12.8. The fourth-order valence-electron chi connectivity index (χ4n) is 4.33. The molecule has 0 aliphatic rings. The lowest BCUT2D eigenvalue weighted by molar-refractivity contribution is 0.279. The van der Waals surface area contributed by atoms with Crippen molar-refractivity contribution in [1.82, 2.24) is 4.57 Å². The topological polar surface area (TPSA) is 70.4 Å². The van der Waals surface area contributed by atoms with E-state index in [0.29, 0.717) is 24.1 Å². The molecule has 0 unspecified atom stereocenters. The van der Waals surface area contributed by atoms with Gasteiger partial charge in [0.05, 0.1) is 12.0 Å². The van der Waals surface area contributed by atoms with Crippen LogP contribution in [0, 0.1) is 0 Å². The summed E-state index contributed by atoms with van der Waals surface area (Å²) in [6.07, 6.45) is 1.74. The minimum Gasteiger partial charge on any atom is -0.441 e. The molecule has 2 N–H and O–H groups in total. The van der Waals surface area contributed by atoms with Crippen molar-refractivity contribution in [2.24, 2.45) is 0 Å². The van der Waals surface area contributed by atoms with E-state index in [-0.39, 0.29) is 16.5 Å². The first-order valence-electron chi connectivity index (χ1n) is 10.5. The summed E-state index contributed by atoms with van der Waals surface area (Å²) in [4.78, 5) is 12.8. The first-order valence-corrected chi connectivity index (χ1v) is 12.4. The molecule has 2 aromatic carbocycles. The summed E-state index contributed by atoms with van der Waals surface area (Å²) in [6.45, 7) is 7.60. The molecule has 5 nitrogen and oxygen atoms in total. The van der Waals surface area contributed by atoms with Crippen molar-refractivity contribution in [1.29, 1.82) is 0 Å². The zero-order valence-corrected chi connectivity index (χ0v) is 19.2. The van der Waals surface area contributed by atoms with Gasteiger partial charge in [-0.2, -0.15) is 0 Å². The van der Waals surface area contributed by atoms with E-state index < -0.39 is 8.32 Å². The highest BCUT2D eigenvalue weighted by Gasteiger charge is 2.50. The Morgan fingerprint density at radius 3 is 2.10 bits per heavy atom. The van der Waals surface area contributed by atoms with E-state index in [2.05, 4.69) is 69.3 Å². The maximum atomic E-state index is 12.8. The van der Waals surface area contributed by atoms with Crippen LogP contribution < -0.4 is 21.7 Å². The number of furan rings is 1. The quantitative estimate of drug-likeness (QED) is 0.471. The Balaban J connectivity index is 1.71. The minimum atomic E-state index is -2.62. The van der Waals surface area contributed by atoms with Gasteiger partial charge in [-0.15, -0.1) is 0 Å². The summed E-state index contributed by atoms with van der Waals surface area (Å²) in [5, 5.41) is 2.83. The Morgan fingerprint density at radius 2 is 1.55 bits per heavy atom. The number of aromatic nitrogens is 1. The molecule has 0 radical (unpaired) electrons. The van der Waals surface area contributed by atoms with Crippen LogP contribution in [0.4, 0.5) is 5.88 Å². The normalized spacial score (nSPS) is 12.4. The van der Waals surface area contributed by atoms with Gasteiger partial charge >= 0.3 is 0 Å². The number of nitrogen functional groups attached to an aromatic ring is 1. The molecule has 0 aliphatic carbocycles. The van der Waals surface area contributed by atoms with Crippen molar-refractivity contribution < 1.29 is 8.84 Å². The van der Waals surface area contributed by atoms with Crippen LogP contribution in [0.15, 0.2) is 88.2 Å². The van der Waals surface area contributed by atoms with E-state index in [1.165, 1.54) is 10.4 Å². The SMILES string of the molecule is CC(C)(C)[Si](OCCn1ccc2oc(N)cc2c1=O)(c1ccccc1)c1ccccc1. The third-order valence-corrected chi connectivity index (χ3v) is 10.8. The molecular weight excluding hydrogens is 404 g/mol. The Hall–Kier alpha value is -3.09. The Morgan fingerprint density at radius 1 is 0.968 bits per heavy atom. The highest BCUT2D eigenvalue weighted by Crippen LogP contribution is 2.36. The largest absolute Gasteiger partial charge is 0.441 e. The van der Waals surface area contributed by atoms with Crippen LogP contribution in [0.5, 0.6) is 0 Å². The number of anilines is 1. The van der Waals surface area contributed by atoms with Gasteiger partial charge < -0.3 is 19.1 Å². The molecule has 4 rings (SSSR count). The fourth-order valence-corrected chi connectivity index (χ4v) is 8.88. The Labute approximate surface area is 183 Å². The maximum Gasteiger partial charge on any atom is 0.261 e. The second-order valence-electron chi connectivity index (χ2n) is 8.75. The second-order valence-corrected chi connectivity index (χ2v) is 13.1. The molecule has 4 aromatic rings. The summed E-state index contributed by atoms with van der Waals surface area (Å²) in [6, 6.07) is 24.3. The third kappa shape index (κ3) is 3.84. The van der Waals surface area contributed by atoms with Gasteiger partial charge in [-0.3, -0.25) is 4.79 Å². The molecular formula is C25H28N2O3Si. The number of rotatable bonds is 6. The summed E-state index contributed by atoms with van der Waals surface area (Å²) >= 11 is 0. The van der Waals surface area contributed by atoms with Crippen molar-refractivity contribution >= 4 is 35.5 Å². The van der Waals surface area contributed by atoms with Crippen molar-refractivity contribution in [3.63, 3.8) is 0 Å². The van der Waals surface area contributed by atoms with E-state index >= 15 is 0 Å².